The van der Waals surface area contributed by atoms with E-state index in [1.807, 2.05) is 30.3 Å². The quantitative estimate of drug-likeness (QED) is 0.453. The summed E-state index contributed by atoms with van der Waals surface area (Å²) in [7, 11) is 0. The van der Waals surface area contributed by atoms with Gasteiger partial charge < -0.3 is 14.7 Å². The lowest BCUT2D eigenvalue weighted by Gasteiger charge is -2.38. The first-order valence-corrected chi connectivity index (χ1v) is 12.1. The van der Waals surface area contributed by atoms with Crippen LogP contribution in [0.2, 0.25) is 0 Å². The second kappa shape index (κ2) is 9.10. The van der Waals surface area contributed by atoms with Crippen LogP contribution in [0.5, 0.6) is 0 Å². The molecule has 3 aromatic rings. The number of benzene rings is 3. The van der Waals surface area contributed by atoms with Gasteiger partial charge in [-0.3, -0.25) is 5.32 Å². The zero-order valence-corrected chi connectivity index (χ0v) is 20.1. The maximum atomic E-state index is 12.8. The molecule has 0 spiro atoms. The fraction of sp³-hybridized carbons (Fsp3) is 0.310. The highest BCUT2D eigenvalue weighted by Gasteiger charge is 2.29. The van der Waals surface area contributed by atoms with Crippen molar-refractivity contribution in [2.45, 2.75) is 32.6 Å². The van der Waals surface area contributed by atoms with E-state index in [9.17, 15) is 14.7 Å². The number of hydrogen-bond donors (Lipinski definition) is 2. The monoisotopic (exact) mass is 470 g/mol. The fourth-order valence-corrected chi connectivity index (χ4v) is 5.13. The normalized spacial score (nSPS) is 16.3. The van der Waals surface area contributed by atoms with E-state index in [0.29, 0.717) is 5.41 Å². The van der Waals surface area contributed by atoms with Crippen molar-refractivity contribution in [3.63, 3.8) is 0 Å². The topological polar surface area (TPSA) is 78.9 Å². The largest absolute Gasteiger partial charge is 0.478 e. The molecule has 0 radical (unpaired) electrons. The molecule has 1 aliphatic carbocycles. The SMILES string of the molecule is CC1(C)CCN(c2ccc(C(=O)O)c(NC(=O)OCC3c4ccccc4-c4ccccc43)c2)CC1. The highest BCUT2D eigenvalue weighted by Crippen LogP contribution is 2.44. The predicted molar refractivity (Wildman–Crippen MR) is 137 cm³/mol. The lowest BCUT2D eigenvalue weighted by molar-refractivity contribution is 0.0698. The van der Waals surface area contributed by atoms with Gasteiger partial charge in [-0.2, -0.15) is 0 Å². The molecule has 2 aliphatic rings. The molecule has 35 heavy (non-hydrogen) atoms. The fourth-order valence-electron chi connectivity index (χ4n) is 5.13. The van der Waals surface area contributed by atoms with Gasteiger partial charge in [0.05, 0.1) is 11.3 Å². The number of nitrogens with one attached hydrogen (secondary N) is 1. The van der Waals surface area contributed by atoms with Crippen molar-refractivity contribution in [1.29, 1.82) is 0 Å². The number of nitrogens with zero attached hydrogens (tertiary/aromatic N) is 1. The number of rotatable bonds is 5. The van der Waals surface area contributed by atoms with E-state index in [2.05, 4.69) is 48.3 Å². The van der Waals surface area contributed by atoms with Crippen LogP contribution in [-0.4, -0.2) is 36.9 Å². The van der Waals surface area contributed by atoms with Crippen LogP contribution >= 0.6 is 0 Å². The van der Waals surface area contributed by atoms with Gasteiger partial charge in [0, 0.05) is 24.7 Å². The Balaban J connectivity index is 1.31. The molecule has 3 aromatic carbocycles. The maximum absolute atomic E-state index is 12.8. The van der Waals surface area contributed by atoms with Gasteiger partial charge in [-0.05, 0) is 58.7 Å². The van der Waals surface area contributed by atoms with Gasteiger partial charge in [0.1, 0.15) is 6.61 Å². The van der Waals surface area contributed by atoms with Gasteiger partial charge in [0.2, 0.25) is 0 Å². The number of carboxylic acids is 1. The Morgan fingerprint density at radius 1 is 0.971 bits per heavy atom. The second-order valence-corrected chi connectivity index (χ2v) is 10.1. The Morgan fingerprint density at radius 2 is 1.57 bits per heavy atom. The van der Waals surface area contributed by atoms with Crippen LogP contribution in [0.1, 0.15) is 54.1 Å². The number of carbonyl (C=O) groups excluding carboxylic acids is 1. The smallest absolute Gasteiger partial charge is 0.411 e. The van der Waals surface area contributed by atoms with Crippen molar-refractivity contribution >= 4 is 23.4 Å². The van der Waals surface area contributed by atoms with Gasteiger partial charge in [-0.25, -0.2) is 9.59 Å². The van der Waals surface area contributed by atoms with E-state index < -0.39 is 12.1 Å². The number of anilines is 2. The average molecular weight is 471 g/mol. The molecule has 0 atom stereocenters. The molecule has 0 saturated carbocycles. The Labute approximate surface area is 205 Å². The third-order valence-corrected chi connectivity index (χ3v) is 7.30. The third-order valence-electron chi connectivity index (χ3n) is 7.30. The minimum Gasteiger partial charge on any atom is -0.478 e. The second-order valence-electron chi connectivity index (χ2n) is 10.1. The average Bonchev–Trinajstić information content (AvgIpc) is 3.16. The number of amides is 1. The van der Waals surface area contributed by atoms with Crippen LogP contribution < -0.4 is 10.2 Å². The van der Waals surface area contributed by atoms with Crippen molar-refractivity contribution < 1.29 is 19.4 Å². The molecule has 0 unspecified atom stereocenters. The van der Waals surface area contributed by atoms with Gasteiger partial charge >= 0.3 is 12.1 Å². The van der Waals surface area contributed by atoms with E-state index in [1.165, 1.54) is 0 Å². The Hall–Kier alpha value is -3.80. The summed E-state index contributed by atoms with van der Waals surface area (Å²) in [5.41, 5.74) is 6.06. The molecule has 1 heterocycles. The van der Waals surface area contributed by atoms with Gasteiger partial charge in [0.25, 0.3) is 0 Å². The molecule has 1 aliphatic heterocycles. The maximum Gasteiger partial charge on any atom is 0.411 e. The lowest BCUT2D eigenvalue weighted by atomic mass is 9.82. The molecule has 1 fully saturated rings. The Bertz CT molecular complexity index is 1230. The summed E-state index contributed by atoms with van der Waals surface area (Å²) in [6, 6.07) is 21.4. The van der Waals surface area contributed by atoms with Crippen LogP contribution in [0.4, 0.5) is 16.2 Å². The Morgan fingerprint density at radius 3 is 2.17 bits per heavy atom. The van der Waals surface area contributed by atoms with Crippen molar-refractivity contribution in [2.75, 3.05) is 29.9 Å². The first kappa shape index (κ1) is 23.0. The summed E-state index contributed by atoms with van der Waals surface area (Å²) in [5.74, 6) is -1.15. The highest BCUT2D eigenvalue weighted by atomic mass is 16.5. The van der Waals surface area contributed by atoms with Gasteiger partial charge in [-0.1, -0.05) is 62.4 Å². The summed E-state index contributed by atoms with van der Waals surface area (Å²) in [5, 5.41) is 12.4. The zero-order valence-electron chi connectivity index (χ0n) is 20.1. The number of fused-ring (bicyclic) bond motifs is 3. The first-order chi connectivity index (χ1) is 16.8. The number of carbonyl (C=O) groups is 2. The van der Waals surface area contributed by atoms with E-state index in [4.69, 9.17) is 4.74 Å². The summed E-state index contributed by atoms with van der Waals surface area (Å²) < 4.78 is 5.63. The number of aromatic carboxylic acids is 1. The first-order valence-electron chi connectivity index (χ1n) is 12.1. The minimum absolute atomic E-state index is 0.0413. The number of piperidine rings is 1. The molecule has 6 heteroatoms. The standard InChI is InChI=1S/C29H30N2O4/c1-29(2)13-15-31(16-14-29)19-11-12-24(27(32)33)26(17-19)30-28(34)35-18-25-22-9-5-3-7-20(22)21-8-4-6-10-23(21)25/h3-12,17,25H,13-16,18H2,1-2H3,(H,30,34)(H,32,33). The van der Waals surface area contributed by atoms with E-state index in [0.717, 1.165) is 53.9 Å². The summed E-state index contributed by atoms with van der Waals surface area (Å²) >= 11 is 0. The zero-order chi connectivity index (χ0) is 24.6. The number of hydrogen-bond acceptors (Lipinski definition) is 4. The van der Waals surface area contributed by atoms with Crippen molar-refractivity contribution in [1.82, 2.24) is 0 Å². The van der Waals surface area contributed by atoms with Crippen LogP contribution in [0.15, 0.2) is 66.7 Å². The third kappa shape index (κ3) is 4.61. The minimum atomic E-state index is -1.09. The van der Waals surface area contributed by atoms with Crippen molar-refractivity contribution in [3.8, 4) is 11.1 Å². The van der Waals surface area contributed by atoms with Crippen LogP contribution in [0, 0.1) is 5.41 Å². The molecule has 1 amide bonds. The van der Waals surface area contributed by atoms with Crippen LogP contribution in [-0.2, 0) is 4.74 Å². The summed E-state index contributed by atoms with van der Waals surface area (Å²) in [4.78, 5) is 26.8. The van der Waals surface area contributed by atoms with Gasteiger partial charge in [0.15, 0.2) is 0 Å². The van der Waals surface area contributed by atoms with E-state index in [-0.39, 0.29) is 23.8 Å². The molecule has 6 nitrogen and oxygen atoms in total. The Kier molecular flexibility index (Phi) is 5.97. The molecular weight excluding hydrogens is 440 g/mol. The molecule has 2 N–H and O–H groups in total. The van der Waals surface area contributed by atoms with E-state index >= 15 is 0 Å². The van der Waals surface area contributed by atoms with Gasteiger partial charge in [-0.15, -0.1) is 0 Å². The molecule has 0 aromatic heterocycles. The molecular formula is C29H30N2O4. The molecule has 1 saturated heterocycles. The predicted octanol–water partition coefficient (Wildman–Crippen LogP) is 6.37. The van der Waals surface area contributed by atoms with Crippen LogP contribution in [0.25, 0.3) is 11.1 Å². The van der Waals surface area contributed by atoms with E-state index in [1.54, 1.807) is 12.1 Å². The van der Waals surface area contributed by atoms with Crippen molar-refractivity contribution in [2.24, 2.45) is 5.41 Å². The lowest BCUT2D eigenvalue weighted by Crippen LogP contribution is -2.37. The molecule has 0 bridgehead atoms. The molecule has 5 rings (SSSR count). The van der Waals surface area contributed by atoms with Crippen LogP contribution in [0.3, 0.4) is 0 Å². The number of ether oxygens (including phenoxy) is 1. The molecule has 180 valence electrons. The van der Waals surface area contributed by atoms with Crippen molar-refractivity contribution in [3.05, 3.63) is 83.4 Å². The summed E-state index contributed by atoms with van der Waals surface area (Å²) in [6.45, 7) is 6.49. The number of carboxylic acid groups (broad SMARTS) is 1. The highest BCUT2D eigenvalue weighted by molar-refractivity contribution is 5.99. The summed E-state index contributed by atoms with van der Waals surface area (Å²) in [6.07, 6.45) is 1.46.